The van der Waals surface area contributed by atoms with Crippen molar-refractivity contribution in [1.29, 1.82) is 0 Å². The number of aromatic nitrogens is 1. The molecule has 11 heteroatoms. The normalized spacial score (nSPS) is 11.0. The van der Waals surface area contributed by atoms with E-state index in [1.165, 1.54) is 23.1 Å². The van der Waals surface area contributed by atoms with Crippen LogP contribution in [0.5, 0.6) is 11.5 Å². The summed E-state index contributed by atoms with van der Waals surface area (Å²) in [5, 5.41) is 10.9. The van der Waals surface area contributed by atoms with Crippen molar-refractivity contribution in [2.24, 2.45) is 0 Å². The predicted octanol–water partition coefficient (Wildman–Crippen LogP) is 7.75. The number of carbonyl (C=O) groups excluding carboxylic acids is 3. The summed E-state index contributed by atoms with van der Waals surface area (Å²) in [5.74, 6) is 0.373. The van der Waals surface area contributed by atoms with Crippen LogP contribution in [0.2, 0.25) is 0 Å². The Kier molecular flexibility index (Phi) is 12.0. The van der Waals surface area contributed by atoms with Crippen molar-refractivity contribution in [1.82, 2.24) is 10.3 Å². The number of para-hydroxylation sites is 1. The summed E-state index contributed by atoms with van der Waals surface area (Å²) in [6.45, 7) is 4.85. The van der Waals surface area contributed by atoms with Crippen LogP contribution >= 0.6 is 23.1 Å². The van der Waals surface area contributed by atoms with Gasteiger partial charge in [0.1, 0.15) is 17.2 Å². The number of hydrogen-bond donors (Lipinski definition) is 3. The second-order valence-electron chi connectivity index (χ2n) is 10.2. The van der Waals surface area contributed by atoms with Crippen LogP contribution in [-0.4, -0.2) is 41.7 Å². The van der Waals surface area contributed by atoms with Crippen LogP contribution in [0.1, 0.15) is 29.8 Å². The van der Waals surface area contributed by atoms with Crippen molar-refractivity contribution in [3.8, 4) is 22.8 Å². The van der Waals surface area contributed by atoms with Crippen LogP contribution < -0.4 is 25.4 Å². The van der Waals surface area contributed by atoms with Gasteiger partial charge in [-0.2, -0.15) is 0 Å². The van der Waals surface area contributed by atoms with Crippen LogP contribution in [0.3, 0.4) is 0 Å². The average molecular weight is 679 g/mol. The van der Waals surface area contributed by atoms with E-state index in [-0.39, 0.29) is 17.4 Å². The highest BCUT2D eigenvalue weighted by Gasteiger charge is 2.17. The quantitative estimate of drug-likeness (QED) is 0.0812. The fourth-order valence-electron chi connectivity index (χ4n) is 4.50. The monoisotopic (exact) mass is 678 g/mol. The molecule has 1 aromatic heterocycles. The van der Waals surface area contributed by atoms with Gasteiger partial charge in [0.2, 0.25) is 5.91 Å². The molecule has 0 aliphatic carbocycles. The molecule has 0 saturated carbocycles. The van der Waals surface area contributed by atoms with Gasteiger partial charge in [0.05, 0.1) is 24.7 Å². The number of hydrogen-bond acceptors (Lipinski definition) is 8. The summed E-state index contributed by atoms with van der Waals surface area (Å²) in [7, 11) is 0. The SMILES string of the molecule is CCOc1ccc(-c2csc(NC(=O)CSc3cccc(NC(=O)/C(=C\c4ccccc4OCC)NC(=O)c4ccccc4)c3)n2)cc1. The van der Waals surface area contributed by atoms with Gasteiger partial charge in [0.15, 0.2) is 5.13 Å². The number of amides is 3. The lowest BCUT2D eigenvalue weighted by Gasteiger charge is -2.13. The lowest BCUT2D eigenvalue weighted by atomic mass is 10.1. The van der Waals surface area contributed by atoms with Gasteiger partial charge in [-0.3, -0.25) is 14.4 Å². The predicted molar refractivity (Wildman–Crippen MR) is 193 cm³/mol. The Balaban J connectivity index is 1.23. The highest BCUT2D eigenvalue weighted by Crippen LogP contribution is 2.28. The molecule has 0 bridgehead atoms. The standard InChI is InChI=1S/C37H34N4O5S2/c1-3-45-29-19-17-25(18-20-29)32-23-48-37(40-32)41-34(42)24-47-30-15-10-14-28(22-30)38-36(44)31(39-35(43)26-11-6-5-7-12-26)21-27-13-8-9-16-33(27)46-4-2/h5-23H,3-4,24H2,1-2H3,(H,38,44)(H,39,43)(H,40,41,42)/b31-21+. The van der Waals surface area contributed by atoms with E-state index < -0.39 is 11.8 Å². The summed E-state index contributed by atoms with van der Waals surface area (Å²) >= 11 is 2.68. The maximum absolute atomic E-state index is 13.6. The van der Waals surface area contributed by atoms with Crippen LogP contribution in [-0.2, 0) is 9.59 Å². The van der Waals surface area contributed by atoms with E-state index >= 15 is 0 Å². The third-order valence-corrected chi connectivity index (χ3v) is 8.47. The molecule has 0 saturated heterocycles. The van der Waals surface area contributed by atoms with Crippen molar-refractivity contribution in [2.45, 2.75) is 18.7 Å². The lowest BCUT2D eigenvalue weighted by Crippen LogP contribution is -2.30. The summed E-state index contributed by atoms with van der Waals surface area (Å²) < 4.78 is 11.2. The molecule has 5 aromatic rings. The number of thioether (sulfide) groups is 1. The van der Waals surface area contributed by atoms with Gasteiger partial charge >= 0.3 is 0 Å². The molecule has 0 radical (unpaired) electrons. The molecule has 0 atom stereocenters. The van der Waals surface area contributed by atoms with Crippen LogP contribution in [0.15, 0.2) is 119 Å². The van der Waals surface area contributed by atoms with E-state index in [0.717, 1.165) is 21.9 Å². The maximum atomic E-state index is 13.6. The Morgan fingerprint density at radius 2 is 1.58 bits per heavy atom. The van der Waals surface area contributed by atoms with Crippen molar-refractivity contribution >= 4 is 57.7 Å². The van der Waals surface area contributed by atoms with Crippen LogP contribution in [0.4, 0.5) is 10.8 Å². The Hall–Kier alpha value is -5.39. The van der Waals surface area contributed by atoms with Crippen LogP contribution in [0.25, 0.3) is 17.3 Å². The molecule has 0 fully saturated rings. The van der Waals surface area contributed by atoms with Crippen LogP contribution in [0, 0.1) is 0 Å². The fourth-order valence-corrected chi connectivity index (χ4v) is 5.99. The second-order valence-corrected chi connectivity index (χ2v) is 12.1. The Morgan fingerprint density at radius 1 is 0.833 bits per heavy atom. The highest BCUT2D eigenvalue weighted by atomic mass is 32.2. The van der Waals surface area contributed by atoms with E-state index in [4.69, 9.17) is 9.47 Å². The molecule has 0 aliphatic rings. The summed E-state index contributed by atoms with van der Waals surface area (Å²) in [6, 6.07) is 30.7. The number of ether oxygens (including phenoxy) is 2. The number of nitrogens with one attached hydrogen (secondary N) is 3. The van der Waals surface area contributed by atoms with E-state index in [0.29, 0.717) is 40.9 Å². The number of anilines is 2. The van der Waals surface area contributed by atoms with E-state index in [2.05, 4.69) is 20.9 Å². The zero-order valence-corrected chi connectivity index (χ0v) is 28.0. The van der Waals surface area contributed by atoms with Gasteiger partial charge in [0.25, 0.3) is 11.8 Å². The first kappa shape index (κ1) is 34.0. The van der Waals surface area contributed by atoms with Crippen molar-refractivity contribution in [3.05, 3.63) is 125 Å². The average Bonchev–Trinajstić information content (AvgIpc) is 3.57. The second kappa shape index (κ2) is 17.0. The number of rotatable bonds is 14. The van der Waals surface area contributed by atoms with Gasteiger partial charge in [0, 0.05) is 32.7 Å². The van der Waals surface area contributed by atoms with E-state index in [1.807, 2.05) is 73.8 Å². The minimum atomic E-state index is -0.516. The highest BCUT2D eigenvalue weighted by molar-refractivity contribution is 8.00. The van der Waals surface area contributed by atoms with E-state index in [9.17, 15) is 14.4 Å². The van der Waals surface area contributed by atoms with Crippen molar-refractivity contribution < 1.29 is 23.9 Å². The third kappa shape index (κ3) is 9.57. The smallest absolute Gasteiger partial charge is 0.272 e. The first-order chi connectivity index (χ1) is 23.4. The zero-order valence-electron chi connectivity index (χ0n) is 26.4. The lowest BCUT2D eigenvalue weighted by molar-refractivity contribution is -0.114. The first-order valence-electron chi connectivity index (χ1n) is 15.2. The molecule has 4 aromatic carbocycles. The number of benzene rings is 4. The minimum Gasteiger partial charge on any atom is -0.494 e. The Morgan fingerprint density at radius 3 is 2.35 bits per heavy atom. The Labute approximate surface area is 287 Å². The molecule has 244 valence electrons. The summed E-state index contributed by atoms with van der Waals surface area (Å²) in [5.41, 5.74) is 3.30. The van der Waals surface area contributed by atoms with Gasteiger partial charge in [-0.05, 0) is 80.6 Å². The van der Waals surface area contributed by atoms with Crippen molar-refractivity contribution in [2.75, 3.05) is 29.6 Å². The summed E-state index contributed by atoms with van der Waals surface area (Å²) in [6.07, 6.45) is 1.59. The number of carbonyl (C=O) groups is 3. The molecule has 0 unspecified atom stereocenters. The number of thiazole rings is 1. The molecule has 5 rings (SSSR count). The molecular weight excluding hydrogens is 645 g/mol. The molecule has 3 N–H and O–H groups in total. The fraction of sp³-hybridized carbons (Fsp3) is 0.135. The third-order valence-electron chi connectivity index (χ3n) is 6.72. The molecule has 0 aliphatic heterocycles. The minimum absolute atomic E-state index is 0.0430. The topological polar surface area (TPSA) is 119 Å². The first-order valence-corrected chi connectivity index (χ1v) is 17.1. The summed E-state index contributed by atoms with van der Waals surface area (Å²) in [4.78, 5) is 44.7. The Bertz CT molecular complexity index is 1890. The largest absolute Gasteiger partial charge is 0.494 e. The molecule has 48 heavy (non-hydrogen) atoms. The van der Waals surface area contributed by atoms with Gasteiger partial charge in [-0.1, -0.05) is 42.5 Å². The van der Waals surface area contributed by atoms with Gasteiger partial charge < -0.3 is 25.4 Å². The zero-order chi connectivity index (χ0) is 33.7. The molecule has 0 spiro atoms. The molecule has 3 amide bonds. The van der Waals surface area contributed by atoms with Gasteiger partial charge in [-0.15, -0.1) is 23.1 Å². The van der Waals surface area contributed by atoms with Gasteiger partial charge in [-0.25, -0.2) is 4.98 Å². The molecule has 1 heterocycles. The van der Waals surface area contributed by atoms with E-state index in [1.54, 1.807) is 54.6 Å². The molecule has 9 nitrogen and oxygen atoms in total. The number of nitrogens with zero attached hydrogens (tertiary/aromatic N) is 1. The van der Waals surface area contributed by atoms with Crippen molar-refractivity contribution in [3.63, 3.8) is 0 Å². The molecular formula is C37H34N4O5S2. The maximum Gasteiger partial charge on any atom is 0.272 e.